The van der Waals surface area contributed by atoms with E-state index in [1.54, 1.807) is 68.5 Å². The van der Waals surface area contributed by atoms with Crippen LogP contribution in [-0.2, 0) is 14.3 Å². The Hall–Kier alpha value is -3.49. The normalized spacial score (nSPS) is 15.5. The number of para-hydroxylation sites is 1. The second kappa shape index (κ2) is 9.79. The molecular formula is C25H21ClN2O5S. The molecule has 0 aliphatic carbocycles. The fraction of sp³-hybridized carbons (Fsp3) is 0.200. The molecule has 1 aliphatic rings. The summed E-state index contributed by atoms with van der Waals surface area (Å²) < 4.78 is 12.4. The number of fused-ring (bicyclic) bond motifs is 1. The van der Waals surface area contributed by atoms with Gasteiger partial charge in [-0.25, -0.2) is 9.79 Å². The number of rotatable bonds is 5. The molecule has 0 fully saturated rings. The fourth-order valence-electron chi connectivity index (χ4n) is 3.74. The van der Waals surface area contributed by atoms with Crippen LogP contribution in [0.15, 0.2) is 69.6 Å². The Bertz CT molecular complexity index is 1480. The molecule has 2 aromatic carbocycles. The van der Waals surface area contributed by atoms with Gasteiger partial charge >= 0.3 is 11.9 Å². The highest BCUT2D eigenvalue weighted by atomic mass is 35.5. The van der Waals surface area contributed by atoms with Crippen molar-refractivity contribution in [3.05, 3.63) is 95.6 Å². The Kier molecular flexibility index (Phi) is 6.81. The molecule has 7 nitrogen and oxygen atoms in total. The van der Waals surface area contributed by atoms with E-state index in [4.69, 9.17) is 21.1 Å². The van der Waals surface area contributed by atoms with Gasteiger partial charge < -0.3 is 9.47 Å². The predicted octanol–water partition coefficient (Wildman–Crippen LogP) is 3.38. The number of carbonyl (C=O) groups excluding carboxylic acids is 2. The van der Waals surface area contributed by atoms with Gasteiger partial charge in [-0.05, 0) is 43.7 Å². The second-order valence-corrected chi connectivity index (χ2v) is 8.93. The summed E-state index contributed by atoms with van der Waals surface area (Å²) in [5, 5.41) is 0.539. The molecule has 0 saturated heterocycles. The lowest BCUT2D eigenvalue weighted by Gasteiger charge is -2.24. The van der Waals surface area contributed by atoms with Crippen molar-refractivity contribution < 1.29 is 19.1 Å². The maximum absolute atomic E-state index is 13.6. The highest BCUT2D eigenvalue weighted by molar-refractivity contribution is 7.07. The summed E-state index contributed by atoms with van der Waals surface area (Å²) in [6, 6.07) is 13.2. The molecule has 2 heterocycles. The minimum absolute atomic E-state index is 0.195. The fourth-order valence-corrected chi connectivity index (χ4v) is 4.90. The number of aromatic nitrogens is 1. The van der Waals surface area contributed by atoms with E-state index in [9.17, 15) is 14.4 Å². The first-order chi connectivity index (χ1) is 16.3. The molecule has 1 aromatic heterocycles. The van der Waals surface area contributed by atoms with E-state index in [0.717, 1.165) is 0 Å². The SMILES string of the molecule is CCOC(=O)C1=C(C)N=c2s/c(=C/c3ccccc3OC(C)=O)c(=O)n2C1c1ccc(Cl)cc1. The van der Waals surface area contributed by atoms with E-state index >= 15 is 0 Å². The van der Waals surface area contributed by atoms with Crippen molar-refractivity contribution >= 4 is 41.0 Å². The highest BCUT2D eigenvalue weighted by Gasteiger charge is 2.33. The molecule has 1 unspecified atom stereocenters. The number of carbonyl (C=O) groups is 2. The lowest BCUT2D eigenvalue weighted by molar-refractivity contribution is -0.139. The minimum Gasteiger partial charge on any atom is -0.463 e. The van der Waals surface area contributed by atoms with Crippen LogP contribution in [0, 0.1) is 0 Å². The lowest BCUT2D eigenvalue weighted by Crippen LogP contribution is -2.39. The molecule has 0 radical (unpaired) electrons. The third-order valence-electron chi connectivity index (χ3n) is 5.16. The van der Waals surface area contributed by atoms with Gasteiger partial charge in [0.05, 0.1) is 28.5 Å². The van der Waals surface area contributed by atoms with E-state index in [1.807, 2.05) is 0 Å². The minimum atomic E-state index is -0.724. The maximum atomic E-state index is 13.6. The van der Waals surface area contributed by atoms with Crippen molar-refractivity contribution in [2.75, 3.05) is 6.61 Å². The molecule has 3 aromatic rings. The molecular weight excluding hydrogens is 476 g/mol. The first-order valence-electron chi connectivity index (χ1n) is 10.5. The number of thiazole rings is 1. The van der Waals surface area contributed by atoms with Crippen molar-refractivity contribution in [1.29, 1.82) is 0 Å². The average molecular weight is 497 g/mol. The van der Waals surface area contributed by atoms with Gasteiger partial charge in [0.1, 0.15) is 5.75 Å². The number of halogens is 1. The van der Waals surface area contributed by atoms with Gasteiger partial charge in [0, 0.05) is 17.5 Å². The molecule has 4 rings (SSSR count). The van der Waals surface area contributed by atoms with Crippen molar-refractivity contribution in [3.63, 3.8) is 0 Å². The number of allylic oxidation sites excluding steroid dienone is 1. The van der Waals surface area contributed by atoms with Crippen molar-refractivity contribution in [3.8, 4) is 5.75 Å². The molecule has 0 saturated carbocycles. The monoisotopic (exact) mass is 496 g/mol. The van der Waals surface area contributed by atoms with Gasteiger partial charge in [0.15, 0.2) is 4.80 Å². The Labute approximate surface area is 204 Å². The van der Waals surface area contributed by atoms with Crippen molar-refractivity contribution in [2.24, 2.45) is 4.99 Å². The number of esters is 2. The van der Waals surface area contributed by atoms with Crippen LogP contribution in [0.3, 0.4) is 0 Å². The van der Waals surface area contributed by atoms with Crippen LogP contribution in [0.2, 0.25) is 5.02 Å². The van der Waals surface area contributed by atoms with Crippen LogP contribution in [-0.4, -0.2) is 23.1 Å². The maximum Gasteiger partial charge on any atom is 0.338 e. The Morgan fingerprint density at radius 3 is 2.56 bits per heavy atom. The smallest absolute Gasteiger partial charge is 0.338 e. The summed E-state index contributed by atoms with van der Waals surface area (Å²) in [6.45, 7) is 4.96. The molecule has 0 N–H and O–H groups in total. The highest BCUT2D eigenvalue weighted by Crippen LogP contribution is 2.31. The molecule has 1 atom stereocenters. The predicted molar refractivity (Wildman–Crippen MR) is 130 cm³/mol. The summed E-state index contributed by atoms with van der Waals surface area (Å²) in [6.07, 6.45) is 1.66. The zero-order valence-corrected chi connectivity index (χ0v) is 20.3. The lowest BCUT2D eigenvalue weighted by atomic mass is 9.96. The Balaban J connectivity index is 1.94. The molecule has 1 aliphatic heterocycles. The van der Waals surface area contributed by atoms with Crippen LogP contribution in [0.4, 0.5) is 0 Å². The molecule has 0 amide bonds. The van der Waals surface area contributed by atoms with Gasteiger partial charge in [0.2, 0.25) is 0 Å². The van der Waals surface area contributed by atoms with Gasteiger partial charge in [0.25, 0.3) is 5.56 Å². The van der Waals surface area contributed by atoms with Crippen LogP contribution >= 0.6 is 22.9 Å². The topological polar surface area (TPSA) is 87.0 Å². The summed E-state index contributed by atoms with van der Waals surface area (Å²) >= 11 is 7.27. The van der Waals surface area contributed by atoms with E-state index in [1.165, 1.54) is 22.8 Å². The standard InChI is InChI=1S/C25H21ClN2O5S/c1-4-32-24(31)21-14(2)27-25-28(22(21)16-9-11-18(26)12-10-16)23(30)20(34-25)13-17-7-5-6-8-19(17)33-15(3)29/h5-13,22H,4H2,1-3H3/b20-13+. The first-order valence-corrected chi connectivity index (χ1v) is 11.7. The third kappa shape index (κ3) is 4.60. The van der Waals surface area contributed by atoms with Gasteiger partial charge in [-0.3, -0.25) is 14.2 Å². The van der Waals surface area contributed by atoms with Crippen LogP contribution in [0.25, 0.3) is 6.08 Å². The van der Waals surface area contributed by atoms with Crippen LogP contribution in [0.5, 0.6) is 5.75 Å². The van der Waals surface area contributed by atoms with E-state index in [-0.39, 0.29) is 12.2 Å². The zero-order chi connectivity index (χ0) is 24.4. The second-order valence-electron chi connectivity index (χ2n) is 7.49. The first kappa shape index (κ1) is 23.7. The number of benzene rings is 2. The molecule has 0 bridgehead atoms. The van der Waals surface area contributed by atoms with Gasteiger partial charge in [-0.2, -0.15) is 0 Å². The van der Waals surface area contributed by atoms with Crippen molar-refractivity contribution in [2.45, 2.75) is 26.8 Å². The van der Waals surface area contributed by atoms with E-state index in [2.05, 4.69) is 4.99 Å². The summed E-state index contributed by atoms with van der Waals surface area (Å²) in [4.78, 5) is 43.0. The average Bonchev–Trinajstić information content (AvgIpc) is 3.09. The number of hydrogen-bond acceptors (Lipinski definition) is 7. The number of ether oxygens (including phenoxy) is 2. The van der Waals surface area contributed by atoms with Crippen LogP contribution in [0.1, 0.15) is 37.9 Å². The largest absolute Gasteiger partial charge is 0.463 e. The van der Waals surface area contributed by atoms with Gasteiger partial charge in [-0.15, -0.1) is 0 Å². The number of hydrogen-bond donors (Lipinski definition) is 0. The quantitative estimate of drug-likeness (QED) is 0.399. The molecule has 174 valence electrons. The van der Waals surface area contributed by atoms with E-state index < -0.39 is 18.0 Å². The number of nitrogens with zero attached hydrogens (tertiary/aromatic N) is 2. The summed E-state index contributed by atoms with van der Waals surface area (Å²) in [7, 11) is 0. The van der Waals surface area contributed by atoms with Crippen LogP contribution < -0.4 is 19.6 Å². The van der Waals surface area contributed by atoms with Gasteiger partial charge in [-0.1, -0.05) is 53.3 Å². The molecule has 0 spiro atoms. The third-order valence-corrected chi connectivity index (χ3v) is 6.40. The van der Waals surface area contributed by atoms with Crippen molar-refractivity contribution in [1.82, 2.24) is 4.57 Å². The molecule has 9 heteroatoms. The Morgan fingerprint density at radius 1 is 1.18 bits per heavy atom. The zero-order valence-electron chi connectivity index (χ0n) is 18.7. The summed E-state index contributed by atoms with van der Waals surface area (Å²) in [5.74, 6) is -0.642. The van der Waals surface area contributed by atoms with E-state index in [0.29, 0.717) is 42.5 Å². The Morgan fingerprint density at radius 2 is 1.88 bits per heavy atom. The summed E-state index contributed by atoms with van der Waals surface area (Å²) in [5.41, 5.74) is 1.73. The molecule has 34 heavy (non-hydrogen) atoms.